The fourth-order valence-corrected chi connectivity index (χ4v) is 3.15. The third-order valence-electron chi connectivity index (χ3n) is 4.42. The van der Waals surface area contributed by atoms with Gasteiger partial charge in [-0.2, -0.15) is 0 Å². The van der Waals surface area contributed by atoms with Crippen LogP contribution in [0.4, 0.5) is 0 Å². The predicted molar refractivity (Wildman–Crippen MR) is 102 cm³/mol. The lowest BCUT2D eigenvalue weighted by Crippen LogP contribution is -2.44. The summed E-state index contributed by atoms with van der Waals surface area (Å²) < 4.78 is 4.82. The van der Waals surface area contributed by atoms with Crippen LogP contribution in [0.2, 0.25) is 0 Å². The molecule has 6 nitrogen and oxygen atoms in total. The molecule has 0 spiro atoms. The molecule has 1 aliphatic rings. The topological polar surface area (TPSA) is 82.7 Å². The van der Waals surface area contributed by atoms with Crippen LogP contribution in [0.1, 0.15) is 51.1 Å². The van der Waals surface area contributed by atoms with Crippen molar-refractivity contribution in [2.45, 2.75) is 52.0 Å². The van der Waals surface area contributed by atoms with Gasteiger partial charge in [0.15, 0.2) is 5.96 Å². The van der Waals surface area contributed by atoms with E-state index < -0.39 is 0 Å². The van der Waals surface area contributed by atoms with Gasteiger partial charge in [0.05, 0.1) is 6.54 Å². The molecule has 0 unspecified atom stereocenters. The second-order valence-corrected chi connectivity index (χ2v) is 6.07. The summed E-state index contributed by atoms with van der Waals surface area (Å²) in [6.45, 7) is 4.49. The van der Waals surface area contributed by atoms with Crippen LogP contribution in [0.3, 0.4) is 0 Å². The molecule has 1 aromatic rings. The van der Waals surface area contributed by atoms with Crippen molar-refractivity contribution in [1.82, 2.24) is 15.8 Å². The average Bonchev–Trinajstić information content (AvgIpc) is 3.05. The summed E-state index contributed by atoms with van der Waals surface area (Å²) >= 11 is 0. The summed E-state index contributed by atoms with van der Waals surface area (Å²) in [5.74, 6) is 0.799. The molecule has 0 bridgehead atoms. The van der Waals surface area contributed by atoms with Crippen LogP contribution in [0.5, 0.6) is 0 Å². The van der Waals surface area contributed by atoms with Crippen LogP contribution in [0, 0.1) is 5.41 Å². The van der Waals surface area contributed by atoms with Crippen LogP contribution in [0.15, 0.2) is 21.8 Å². The molecule has 0 aliphatic heterocycles. The van der Waals surface area contributed by atoms with Gasteiger partial charge < -0.3 is 20.3 Å². The van der Waals surface area contributed by atoms with Crippen LogP contribution >= 0.6 is 24.0 Å². The normalized spacial score (nSPS) is 17.4. The van der Waals surface area contributed by atoms with E-state index >= 15 is 0 Å². The molecule has 1 fully saturated rings. The zero-order valence-corrected chi connectivity index (χ0v) is 16.2. The molecular weight excluding hydrogens is 407 g/mol. The summed E-state index contributed by atoms with van der Waals surface area (Å²) in [6, 6.07) is 1.82. The molecule has 0 aromatic carbocycles. The quantitative estimate of drug-likeness (QED) is 0.348. The van der Waals surface area contributed by atoms with Gasteiger partial charge in [-0.1, -0.05) is 24.4 Å². The van der Waals surface area contributed by atoms with Gasteiger partial charge in [0.25, 0.3) is 0 Å². The number of hydrogen-bond acceptors (Lipinski definition) is 4. The Balaban J connectivity index is 0.00000264. The van der Waals surface area contributed by atoms with Gasteiger partial charge in [0, 0.05) is 25.8 Å². The number of hydrogen-bond donors (Lipinski definition) is 3. The van der Waals surface area contributed by atoms with Crippen LogP contribution in [-0.2, 0) is 6.54 Å². The molecule has 0 atom stereocenters. The van der Waals surface area contributed by atoms with E-state index in [1.54, 1.807) is 6.26 Å². The minimum atomic E-state index is 0. The molecule has 1 aliphatic carbocycles. The van der Waals surface area contributed by atoms with E-state index in [0.717, 1.165) is 31.2 Å². The molecule has 132 valence electrons. The van der Waals surface area contributed by atoms with Crippen molar-refractivity contribution in [2.75, 3.05) is 19.7 Å². The minimum absolute atomic E-state index is 0. The molecule has 1 aromatic heterocycles. The van der Waals surface area contributed by atoms with Gasteiger partial charge in [-0.05, 0) is 31.6 Å². The Morgan fingerprint density at radius 1 is 1.35 bits per heavy atom. The van der Waals surface area contributed by atoms with Crippen molar-refractivity contribution < 1.29 is 9.63 Å². The molecule has 1 heterocycles. The zero-order valence-electron chi connectivity index (χ0n) is 13.9. The van der Waals surface area contributed by atoms with Crippen molar-refractivity contribution in [2.24, 2.45) is 10.4 Å². The van der Waals surface area contributed by atoms with Crippen molar-refractivity contribution in [3.05, 3.63) is 18.0 Å². The maximum Gasteiger partial charge on any atom is 0.191 e. The third kappa shape index (κ3) is 6.66. The second-order valence-electron chi connectivity index (χ2n) is 6.07. The predicted octanol–water partition coefficient (Wildman–Crippen LogP) is 2.68. The highest BCUT2D eigenvalue weighted by molar-refractivity contribution is 14.0. The third-order valence-corrected chi connectivity index (χ3v) is 4.42. The number of nitrogens with one attached hydrogen (secondary N) is 2. The number of rotatable bonds is 7. The summed E-state index contributed by atoms with van der Waals surface area (Å²) in [6.07, 6.45) is 8.62. The molecule has 23 heavy (non-hydrogen) atoms. The molecule has 1 saturated carbocycles. The fraction of sp³-hybridized carbons (Fsp3) is 0.750. The highest BCUT2D eigenvalue weighted by Gasteiger charge is 2.31. The monoisotopic (exact) mass is 436 g/mol. The Hall–Kier alpha value is -0.830. The van der Waals surface area contributed by atoms with Gasteiger partial charge in [-0.3, -0.25) is 0 Å². The molecule has 0 saturated heterocycles. The van der Waals surface area contributed by atoms with E-state index in [4.69, 9.17) is 4.52 Å². The van der Waals surface area contributed by atoms with Crippen LogP contribution in [0.25, 0.3) is 0 Å². The van der Waals surface area contributed by atoms with E-state index in [-0.39, 0.29) is 36.0 Å². The second kappa shape index (κ2) is 10.9. The van der Waals surface area contributed by atoms with E-state index in [9.17, 15) is 5.11 Å². The lowest BCUT2D eigenvalue weighted by molar-refractivity contribution is 0.131. The zero-order chi connectivity index (χ0) is 15.7. The van der Waals surface area contributed by atoms with Crippen molar-refractivity contribution in [3.63, 3.8) is 0 Å². The smallest absolute Gasteiger partial charge is 0.191 e. The highest BCUT2D eigenvalue weighted by Crippen LogP contribution is 2.38. The Morgan fingerprint density at radius 2 is 2.13 bits per heavy atom. The molecule has 0 radical (unpaired) electrons. The van der Waals surface area contributed by atoms with E-state index in [0.29, 0.717) is 6.54 Å². The lowest BCUT2D eigenvalue weighted by atomic mass is 9.72. The molecule has 0 amide bonds. The maximum atomic E-state index is 9.39. The standard InChI is InChI=1S/C16H28N4O2.HI/c1-2-17-15(18-12-14-6-11-22-20-14)19-13-16(9-10-21)7-4-3-5-8-16;/h6,11,21H,2-5,7-10,12-13H2,1H3,(H2,17,18,19);1H. The number of aromatic nitrogens is 1. The first-order chi connectivity index (χ1) is 10.8. The highest BCUT2D eigenvalue weighted by atomic mass is 127. The van der Waals surface area contributed by atoms with E-state index in [2.05, 4.69) is 27.7 Å². The average molecular weight is 436 g/mol. The summed E-state index contributed by atoms with van der Waals surface area (Å²) in [7, 11) is 0. The summed E-state index contributed by atoms with van der Waals surface area (Å²) in [4.78, 5) is 4.54. The first-order valence-corrected chi connectivity index (χ1v) is 8.30. The molecule has 2 rings (SSSR count). The molecule has 3 N–H and O–H groups in total. The number of aliphatic imine (C=N–C) groups is 1. The van der Waals surface area contributed by atoms with Crippen molar-refractivity contribution in [3.8, 4) is 0 Å². The first kappa shape index (κ1) is 20.2. The van der Waals surface area contributed by atoms with Gasteiger partial charge in [-0.15, -0.1) is 24.0 Å². The number of halogens is 1. The van der Waals surface area contributed by atoms with E-state index in [1.807, 2.05) is 6.07 Å². The van der Waals surface area contributed by atoms with Crippen LogP contribution in [-0.4, -0.2) is 35.9 Å². The first-order valence-electron chi connectivity index (χ1n) is 8.30. The Bertz CT molecular complexity index is 439. The van der Waals surface area contributed by atoms with Gasteiger partial charge in [0.1, 0.15) is 12.0 Å². The summed E-state index contributed by atoms with van der Waals surface area (Å²) in [5, 5.41) is 20.0. The minimum Gasteiger partial charge on any atom is -0.396 e. The Morgan fingerprint density at radius 3 is 2.74 bits per heavy atom. The van der Waals surface area contributed by atoms with Crippen molar-refractivity contribution in [1.29, 1.82) is 0 Å². The molecular formula is C16H29IN4O2. The van der Waals surface area contributed by atoms with Crippen LogP contribution < -0.4 is 10.6 Å². The number of aliphatic hydroxyl groups is 1. The number of guanidine groups is 1. The van der Waals surface area contributed by atoms with Gasteiger partial charge in [-0.25, -0.2) is 4.99 Å². The van der Waals surface area contributed by atoms with Gasteiger partial charge >= 0.3 is 0 Å². The number of aliphatic hydroxyl groups excluding tert-OH is 1. The fourth-order valence-electron chi connectivity index (χ4n) is 3.15. The number of nitrogens with zero attached hydrogens (tertiary/aromatic N) is 2. The Labute approximate surface area is 155 Å². The van der Waals surface area contributed by atoms with E-state index in [1.165, 1.54) is 32.1 Å². The SMILES string of the molecule is CCNC(=NCc1ccon1)NCC1(CCO)CCCCC1.I. The Kier molecular flexibility index (Phi) is 9.54. The molecule has 7 heteroatoms. The summed E-state index contributed by atoms with van der Waals surface area (Å²) in [5.41, 5.74) is 1.02. The maximum absolute atomic E-state index is 9.39. The van der Waals surface area contributed by atoms with Crippen molar-refractivity contribution >= 4 is 29.9 Å². The van der Waals surface area contributed by atoms with Gasteiger partial charge in [0.2, 0.25) is 0 Å². The lowest BCUT2D eigenvalue weighted by Gasteiger charge is -2.37. The largest absolute Gasteiger partial charge is 0.396 e.